The first-order chi connectivity index (χ1) is 11.7. The molecule has 0 aliphatic heterocycles. The number of carbonyl (C=O) groups is 1. The SMILES string of the molecule is O=C(NCc1ccc(F)cc1)c1ccc(Nc2ccccc2)cn1. The lowest BCUT2D eigenvalue weighted by Gasteiger charge is -2.07. The molecule has 0 spiro atoms. The van der Waals surface area contributed by atoms with E-state index in [0.717, 1.165) is 16.9 Å². The summed E-state index contributed by atoms with van der Waals surface area (Å²) in [6, 6.07) is 19.2. The number of amides is 1. The van der Waals surface area contributed by atoms with Crippen LogP contribution in [0.5, 0.6) is 0 Å². The molecule has 1 aromatic heterocycles. The van der Waals surface area contributed by atoms with Crippen LogP contribution in [0.25, 0.3) is 0 Å². The van der Waals surface area contributed by atoms with Gasteiger partial charge < -0.3 is 10.6 Å². The predicted molar refractivity (Wildman–Crippen MR) is 91.5 cm³/mol. The van der Waals surface area contributed by atoms with Crippen LogP contribution in [0.1, 0.15) is 16.1 Å². The number of anilines is 2. The van der Waals surface area contributed by atoms with Gasteiger partial charge in [-0.1, -0.05) is 30.3 Å². The Balaban J connectivity index is 1.58. The lowest BCUT2D eigenvalue weighted by molar-refractivity contribution is 0.0946. The zero-order chi connectivity index (χ0) is 16.8. The quantitative estimate of drug-likeness (QED) is 0.749. The number of aromatic nitrogens is 1. The number of hydrogen-bond donors (Lipinski definition) is 2. The van der Waals surface area contributed by atoms with Crippen molar-refractivity contribution in [3.8, 4) is 0 Å². The molecule has 0 saturated heterocycles. The Kier molecular flexibility index (Phi) is 4.81. The third-order valence-electron chi connectivity index (χ3n) is 3.42. The summed E-state index contributed by atoms with van der Waals surface area (Å²) in [5, 5.41) is 5.96. The fourth-order valence-corrected chi connectivity index (χ4v) is 2.17. The maximum Gasteiger partial charge on any atom is 0.270 e. The van der Waals surface area contributed by atoms with Crippen LogP contribution in [0.15, 0.2) is 72.9 Å². The van der Waals surface area contributed by atoms with E-state index in [1.807, 2.05) is 30.3 Å². The van der Waals surface area contributed by atoms with Gasteiger partial charge in [-0.05, 0) is 42.0 Å². The molecular weight excluding hydrogens is 305 g/mol. The van der Waals surface area contributed by atoms with Gasteiger partial charge in [0.2, 0.25) is 0 Å². The molecule has 1 amide bonds. The molecule has 4 nitrogen and oxygen atoms in total. The van der Waals surface area contributed by atoms with E-state index >= 15 is 0 Å². The van der Waals surface area contributed by atoms with E-state index in [-0.39, 0.29) is 11.7 Å². The molecule has 0 bridgehead atoms. The van der Waals surface area contributed by atoms with E-state index in [4.69, 9.17) is 0 Å². The molecule has 0 radical (unpaired) electrons. The highest BCUT2D eigenvalue weighted by molar-refractivity contribution is 5.92. The first kappa shape index (κ1) is 15.7. The van der Waals surface area contributed by atoms with E-state index in [2.05, 4.69) is 15.6 Å². The number of para-hydroxylation sites is 1. The third-order valence-corrected chi connectivity index (χ3v) is 3.42. The van der Waals surface area contributed by atoms with Crippen molar-refractivity contribution in [3.05, 3.63) is 90.0 Å². The number of carbonyl (C=O) groups excluding carboxylic acids is 1. The minimum atomic E-state index is -0.298. The Bertz CT molecular complexity index is 802. The van der Waals surface area contributed by atoms with Crippen LogP contribution in [0.4, 0.5) is 15.8 Å². The van der Waals surface area contributed by atoms with Gasteiger partial charge in [-0.3, -0.25) is 4.79 Å². The smallest absolute Gasteiger partial charge is 0.270 e. The zero-order valence-corrected chi connectivity index (χ0v) is 12.9. The van der Waals surface area contributed by atoms with E-state index in [1.54, 1.807) is 30.5 Å². The second kappa shape index (κ2) is 7.37. The molecule has 0 fully saturated rings. The van der Waals surface area contributed by atoms with Gasteiger partial charge in [0.15, 0.2) is 0 Å². The van der Waals surface area contributed by atoms with Crippen molar-refractivity contribution in [2.45, 2.75) is 6.54 Å². The maximum absolute atomic E-state index is 12.8. The average Bonchev–Trinajstić information content (AvgIpc) is 2.62. The fourth-order valence-electron chi connectivity index (χ4n) is 2.17. The van der Waals surface area contributed by atoms with Crippen LogP contribution in [-0.4, -0.2) is 10.9 Å². The summed E-state index contributed by atoms with van der Waals surface area (Å²) in [4.78, 5) is 16.3. The molecule has 3 aromatic rings. The minimum absolute atomic E-state index is 0.273. The van der Waals surface area contributed by atoms with Gasteiger partial charge in [-0.2, -0.15) is 0 Å². The third kappa shape index (κ3) is 4.16. The van der Waals surface area contributed by atoms with Gasteiger partial charge in [0.05, 0.1) is 11.9 Å². The van der Waals surface area contributed by atoms with Crippen molar-refractivity contribution in [1.82, 2.24) is 10.3 Å². The monoisotopic (exact) mass is 321 g/mol. The highest BCUT2D eigenvalue weighted by atomic mass is 19.1. The van der Waals surface area contributed by atoms with Gasteiger partial charge in [0.1, 0.15) is 11.5 Å². The topological polar surface area (TPSA) is 54.0 Å². The van der Waals surface area contributed by atoms with Crippen molar-refractivity contribution < 1.29 is 9.18 Å². The standard InChI is InChI=1S/C19H16FN3O/c20-15-8-6-14(7-9-15)12-22-19(24)18-11-10-17(13-21-18)23-16-4-2-1-3-5-16/h1-11,13,23H,12H2,(H,22,24). The van der Waals surface area contributed by atoms with Gasteiger partial charge in [-0.25, -0.2) is 9.37 Å². The number of hydrogen-bond acceptors (Lipinski definition) is 3. The Hall–Kier alpha value is -3.21. The number of nitrogens with one attached hydrogen (secondary N) is 2. The van der Waals surface area contributed by atoms with Gasteiger partial charge in [0, 0.05) is 12.2 Å². The van der Waals surface area contributed by atoms with E-state index in [9.17, 15) is 9.18 Å². The molecule has 0 unspecified atom stereocenters. The second-order valence-electron chi connectivity index (χ2n) is 5.23. The highest BCUT2D eigenvalue weighted by Gasteiger charge is 2.07. The molecule has 2 N–H and O–H groups in total. The Morgan fingerprint density at radius 1 is 0.917 bits per heavy atom. The molecule has 1 heterocycles. The molecule has 5 heteroatoms. The molecule has 0 aliphatic carbocycles. The predicted octanol–water partition coefficient (Wildman–Crippen LogP) is 3.89. The summed E-state index contributed by atoms with van der Waals surface area (Å²) in [6.07, 6.45) is 1.61. The lowest BCUT2D eigenvalue weighted by atomic mass is 10.2. The van der Waals surface area contributed by atoms with Gasteiger partial charge in [0.25, 0.3) is 5.91 Å². The Morgan fingerprint density at radius 3 is 2.33 bits per heavy atom. The molecule has 2 aromatic carbocycles. The van der Waals surface area contributed by atoms with Crippen LogP contribution in [-0.2, 0) is 6.54 Å². The molecule has 120 valence electrons. The van der Waals surface area contributed by atoms with Crippen molar-refractivity contribution in [2.24, 2.45) is 0 Å². The summed E-state index contributed by atoms with van der Waals surface area (Å²) in [6.45, 7) is 0.324. The van der Waals surface area contributed by atoms with Crippen LogP contribution < -0.4 is 10.6 Å². The molecule has 0 atom stereocenters. The lowest BCUT2D eigenvalue weighted by Crippen LogP contribution is -2.23. The zero-order valence-electron chi connectivity index (χ0n) is 12.9. The summed E-state index contributed by atoms with van der Waals surface area (Å²) in [5.74, 6) is -0.571. The number of rotatable bonds is 5. The molecule has 0 aliphatic rings. The average molecular weight is 321 g/mol. The summed E-state index contributed by atoms with van der Waals surface area (Å²) >= 11 is 0. The van der Waals surface area contributed by atoms with Crippen LogP contribution in [0, 0.1) is 5.82 Å². The summed E-state index contributed by atoms with van der Waals surface area (Å²) in [7, 11) is 0. The van der Waals surface area contributed by atoms with E-state index in [1.165, 1.54) is 12.1 Å². The molecule has 24 heavy (non-hydrogen) atoms. The fraction of sp³-hybridized carbons (Fsp3) is 0.0526. The minimum Gasteiger partial charge on any atom is -0.354 e. The first-order valence-corrected chi connectivity index (χ1v) is 7.51. The van der Waals surface area contributed by atoms with Crippen LogP contribution >= 0.6 is 0 Å². The van der Waals surface area contributed by atoms with Gasteiger partial charge >= 0.3 is 0 Å². The molecule has 3 rings (SSSR count). The number of nitrogens with zero attached hydrogens (tertiary/aromatic N) is 1. The summed E-state index contributed by atoms with van der Waals surface area (Å²) in [5.41, 5.74) is 2.91. The van der Waals surface area contributed by atoms with E-state index < -0.39 is 0 Å². The number of pyridine rings is 1. The van der Waals surface area contributed by atoms with Crippen molar-refractivity contribution in [2.75, 3.05) is 5.32 Å². The normalized spacial score (nSPS) is 10.2. The van der Waals surface area contributed by atoms with Crippen LogP contribution in [0.2, 0.25) is 0 Å². The Labute approximate surface area is 139 Å². The Morgan fingerprint density at radius 2 is 1.67 bits per heavy atom. The largest absolute Gasteiger partial charge is 0.354 e. The van der Waals surface area contributed by atoms with Crippen molar-refractivity contribution >= 4 is 17.3 Å². The van der Waals surface area contributed by atoms with Crippen molar-refractivity contribution in [3.63, 3.8) is 0 Å². The second-order valence-corrected chi connectivity index (χ2v) is 5.23. The molecular formula is C19H16FN3O. The van der Waals surface area contributed by atoms with Gasteiger partial charge in [-0.15, -0.1) is 0 Å². The highest BCUT2D eigenvalue weighted by Crippen LogP contribution is 2.15. The summed E-state index contributed by atoms with van der Waals surface area (Å²) < 4.78 is 12.8. The number of halogens is 1. The molecule has 0 saturated carbocycles. The maximum atomic E-state index is 12.8. The number of benzene rings is 2. The van der Waals surface area contributed by atoms with Crippen LogP contribution in [0.3, 0.4) is 0 Å². The van der Waals surface area contributed by atoms with E-state index in [0.29, 0.717) is 12.2 Å². The van der Waals surface area contributed by atoms with Crippen molar-refractivity contribution in [1.29, 1.82) is 0 Å². The first-order valence-electron chi connectivity index (χ1n) is 7.51.